The normalized spacial score (nSPS) is 52.7. The SMILES string of the molecule is CC1CCC2C(=O)C1C1C=CC2O1. The molecule has 2 nitrogen and oxygen atoms in total. The highest BCUT2D eigenvalue weighted by Gasteiger charge is 2.50. The zero-order chi connectivity index (χ0) is 9.00. The summed E-state index contributed by atoms with van der Waals surface area (Å²) in [6, 6.07) is 0. The molecular formula is C11H14O2. The van der Waals surface area contributed by atoms with E-state index in [9.17, 15) is 4.79 Å². The summed E-state index contributed by atoms with van der Waals surface area (Å²) >= 11 is 0. The molecule has 2 heteroatoms. The minimum absolute atomic E-state index is 0.101. The molecule has 0 aromatic heterocycles. The quantitative estimate of drug-likeness (QED) is 0.526. The molecule has 1 aliphatic carbocycles. The van der Waals surface area contributed by atoms with E-state index in [0.29, 0.717) is 11.7 Å². The third kappa shape index (κ3) is 0.896. The fourth-order valence-electron chi connectivity index (χ4n) is 3.03. The maximum Gasteiger partial charge on any atom is 0.145 e. The van der Waals surface area contributed by atoms with Crippen molar-refractivity contribution in [1.82, 2.24) is 0 Å². The molecule has 0 N–H and O–H groups in total. The second-order valence-electron chi connectivity index (χ2n) is 4.54. The van der Waals surface area contributed by atoms with Gasteiger partial charge in [-0.25, -0.2) is 0 Å². The molecule has 0 aromatic rings. The van der Waals surface area contributed by atoms with Crippen molar-refractivity contribution in [2.24, 2.45) is 17.8 Å². The van der Waals surface area contributed by atoms with Crippen LogP contribution in [0.4, 0.5) is 0 Å². The maximum absolute atomic E-state index is 12.0. The van der Waals surface area contributed by atoms with E-state index < -0.39 is 0 Å². The van der Waals surface area contributed by atoms with Gasteiger partial charge in [-0.15, -0.1) is 0 Å². The molecule has 0 aromatic carbocycles. The van der Waals surface area contributed by atoms with Crippen LogP contribution in [-0.4, -0.2) is 18.0 Å². The van der Waals surface area contributed by atoms with Gasteiger partial charge in [-0.2, -0.15) is 0 Å². The molecular weight excluding hydrogens is 164 g/mol. The van der Waals surface area contributed by atoms with Gasteiger partial charge in [0.25, 0.3) is 0 Å². The van der Waals surface area contributed by atoms with Crippen molar-refractivity contribution in [3.05, 3.63) is 12.2 Å². The summed E-state index contributed by atoms with van der Waals surface area (Å²) in [5.74, 6) is 1.31. The van der Waals surface area contributed by atoms with Crippen LogP contribution in [-0.2, 0) is 9.53 Å². The molecule has 5 unspecified atom stereocenters. The molecule has 2 heterocycles. The van der Waals surface area contributed by atoms with Crippen LogP contribution in [0.1, 0.15) is 19.8 Å². The van der Waals surface area contributed by atoms with Crippen LogP contribution >= 0.6 is 0 Å². The first-order valence-corrected chi connectivity index (χ1v) is 5.15. The third-order valence-electron chi connectivity index (χ3n) is 3.80. The summed E-state index contributed by atoms with van der Waals surface area (Å²) in [4.78, 5) is 12.0. The summed E-state index contributed by atoms with van der Waals surface area (Å²) < 4.78 is 5.77. The lowest BCUT2D eigenvalue weighted by atomic mass is 9.69. The van der Waals surface area contributed by atoms with Crippen LogP contribution in [0, 0.1) is 17.8 Å². The molecule has 0 amide bonds. The molecule has 0 spiro atoms. The molecule has 70 valence electrons. The van der Waals surface area contributed by atoms with E-state index in [2.05, 4.69) is 19.1 Å². The molecule has 2 aliphatic heterocycles. The highest BCUT2D eigenvalue weighted by molar-refractivity contribution is 5.87. The Labute approximate surface area is 78.0 Å². The summed E-state index contributed by atoms with van der Waals surface area (Å²) in [7, 11) is 0. The third-order valence-corrected chi connectivity index (χ3v) is 3.80. The van der Waals surface area contributed by atoms with E-state index in [1.165, 1.54) is 6.42 Å². The molecule has 13 heavy (non-hydrogen) atoms. The zero-order valence-electron chi connectivity index (χ0n) is 7.77. The fraction of sp³-hybridized carbons (Fsp3) is 0.727. The molecule has 2 fully saturated rings. The highest BCUT2D eigenvalue weighted by Crippen LogP contribution is 2.44. The van der Waals surface area contributed by atoms with Crippen molar-refractivity contribution in [2.45, 2.75) is 32.0 Å². The lowest BCUT2D eigenvalue weighted by Gasteiger charge is -2.41. The van der Waals surface area contributed by atoms with Crippen molar-refractivity contribution in [1.29, 1.82) is 0 Å². The Morgan fingerprint density at radius 3 is 2.92 bits per heavy atom. The fourth-order valence-corrected chi connectivity index (χ4v) is 3.03. The van der Waals surface area contributed by atoms with E-state index in [1.54, 1.807) is 0 Å². The van der Waals surface area contributed by atoms with E-state index in [1.807, 2.05) is 0 Å². The van der Waals surface area contributed by atoms with Crippen LogP contribution < -0.4 is 0 Å². The van der Waals surface area contributed by atoms with Gasteiger partial charge in [0.05, 0.1) is 18.1 Å². The van der Waals surface area contributed by atoms with E-state index >= 15 is 0 Å². The maximum atomic E-state index is 12.0. The number of fused-ring (bicyclic) bond motifs is 6. The first-order chi connectivity index (χ1) is 6.27. The summed E-state index contributed by atoms with van der Waals surface area (Å²) in [6.07, 6.45) is 6.61. The average Bonchev–Trinajstić information content (AvgIpc) is 2.49. The number of hydrogen-bond acceptors (Lipinski definition) is 2. The van der Waals surface area contributed by atoms with Crippen molar-refractivity contribution in [3.8, 4) is 0 Å². The van der Waals surface area contributed by atoms with Gasteiger partial charge in [0.15, 0.2) is 0 Å². The molecule has 1 saturated carbocycles. The van der Waals surface area contributed by atoms with Crippen LogP contribution in [0.2, 0.25) is 0 Å². The number of hydrogen-bond donors (Lipinski definition) is 0. The standard InChI is InChI=1S/C11H14O2/c1-6-2-3-7-8-4-5-9(13-8)10(6)11(7)12/h4-10H,2-3H2,1H3. The van der Waals surface area contributed by atoms with Gasteiger partial charge in [-0.3, -0.25) is 4.79 Å². The summed E-state index contributed by atoms with van der Waals surface area (Å²) in [5.41, 5.74) is 0. The van der Waals surface area contributed by atoms with Gasteiger partial charge in [0.2, 0.25) is 0 Å². The van der Waals surface area contributed by atoms with E-state index in [0.717, 1.165) is 6.42 Å². The molecule has 0 radical (unpaired) electrons. The molecule has 4 bridgehead atoms. The summed E-state index contributed by atoms with van der Waals surface area (Å²) in [6.45, 7) is 2.18. The highest BCUT2D eigenvalue weighted by atomic mass is 16.5. The number of carbonyl (C=O) groups excluding carboxylic acids is 1. The Morgan fingerprint density at radius 2 is 2.08 bits per heavy atom. The van der Waals surface area contributed by atoms with Crippen LogP contribution in [0.15, 0.2) is 12.2 Å². The van der Waals surface area contributed by atoms with Gasteiger partial charge in [0, 0.05) is 5.92 Å². The smallest absolute Gasteiger partial charge is 0.145 e. The van der Waals surface area contributed by atoms with Crippen molar-refractivity contribution < 1.29 is 9.53 Å². The van der Waals surface area contributed by atoms with Gasteiger partial charge in [0.1, 0.15) is 5.78 Å². The zero-order valence-corrected chi connectivity index (χ0v) is 7.77. The van der Waals surface area contributed by atoms with Crippen LogP contribution in [0.3, 0.4) is 0 Å². The van der Waals surface area contributed by atoms with Gasteiger partial charge in [-0.1, -0.05) is 19.1 Å². The number of ketones is 1. The Morgan fingerprint density at radius 1 is 1.31 bits per heavy atom. The Balaban J connectivity index is 2.02. The second-order valence-corrected chi connectivity index (χ2v) is 4.54. The molecule has 3 rings (SSSR count). The molecule has 1 saturated heterocycles. The molecule has 3 aliphatic rings. The lowest BCUT2D eigenvalue weighted by Crippen LogP contribution is -2.49. The van der Waals surface area contributed by atoms with Gasteiger partial charge in [-0.05, 0) is 18.8 Å². The first kappa shape index (κ1) is 7.74. The number of carbonyl (C=O) groups is 1. The largest absolute Gasteiger partial charge is 0.365 e. The second kappa shape index (κ2) is 2.44. The molecule has 5 atom stereocenters. The summed E-state index contributed by atoms with van der Waals surface area (Å²) in [5, 5.41) is 0. The number of rotatable bonds is 0. The lowest BCUT2D eigenvalue weighted by molar-refractivity contribution is -0.155. The Bertz CT molecular complexity index is 282. The van der Waals surface area contributed by atoms with Crippen molar-refractivity contribution in [3.63, 3.8) is 0 Å². The Hall–Kier alpha value is -0.630. The van der Waals surface area contributed by atoms with Gasteiger partial charge >= 0.3 is 0 Å². The topological polar surface area (TPSA) is 26.3 Å². The van der Waals surface area contributed by atoms with E-state index in [4.69, 9.17) is 4.74 Å². The predicted molar refractivity (Wildman–Crippen MR) is 48.2 cm³/mol. The van der Waals surface area contributed by atoms with E-state index in [-0.39, 0.29) is 24.0 Å². The minimum atomic E-state index is 0.101. The number of ether oxygens (including phenoxy) is 1. The van der Waals surface area contributed by atoms with Crippen molar-refractivity contribution >= 4 is 5.78 Å². The monoisotopic (exact) mass is 178 g/mol. The van der Waals surface area contributed by atoms with Gasteiger partial charge < -0.3 is 4.74 Å². The van der Waals surface area contributed by atoms with Crippen molar-refractivity contribution in [2.75, 3.05) is 0 Å². The minimum Gasteiger partial charge on any atom is -0.365 e. The number of Topliss-reactive ketones (excluding diaryl/α,β-unsaturated/α-hetero) is 1. The van der Waals surface area contributed by atoms with Crippen LogP contribution in [0.25, 0.3) is 0 Å². The predicted octanol–water partition coefficient (Wildman–Crippen LogP) is 1.55. The Kier molecular flexibility index (Phi) is 1.46. The average molecular weight is 178 g/mol. The first-order valence-electron chi connectivity index (χ1n) is 5.15. The van der Waals surface area contributed by atoms with Crippen LogP contribution in [0.5, 0.6) is 0 Å².